The van der Waals surface area contributed by atoms with Gasteiger partial charge < -0.3 is 19.0 Å². The van der Waals surface area contributed by atoms with Gasteiger partial charge in [-0.25, -0.2) is 14.8 Å². The van der Waals surface area contributed by atoms with Crippen LogP contribution in [0.15, 0.2) is 40.9 Å². The Labute approximate surface area is 183 Å². The number of oxazole rings is 1. The van der Waals surface area contributed by atoms with Crippen LogP contribution in [0, 0.1) is 13.8 Å². The van der Waals surface area contributed by atoms with Crippen LogP contribution in [0.3, 0.4) is 0 Å². The number of ether oxygens (including phenoxy) is 2. The highest BCUT2D eigenvalue weighted by molar-refractivity contribution is 5.73. The molecule has 32 heavy (non-hydrogen) atoms. The van der Waals surface area contributed by atoms with E-state index in [0.29, 0.717) is 22.9 Å². The molecule has 0 amide bonds. The Morgan fingerprint density at radius 2 is 1.97 bits per heavy atom. The van der Waals surface area contributed by atoms with E-state index in [-0.39, 0.29) is 6.01 Å². The lowest BCUT2D eigenvalue weighted by molar-refractivity contribution is -0.139. The number of aromatic nitrogens is 3. The molecule has 4 aromatic rings. The highest BCUT2D eigenvalue weighted by Crippen LogP contribution is 2.34. The van der Waals surface area contributed by atoms with Crippen molar-refractivity contribution >= 4 is 17.2 Å². The number of carboxylic acid groups (broad SMARTS) is 1. The Balaban J connectivity index is 1.43. The van der Waals surface area contributed by atoms with Gasteiger partial charge in [0.2, 0.25) is 5.89 Å². The van der Waals surface area contributed by atoms with Crippen molar-refractivity contribution in [3.8, 4) is 29.0 Å². The topological polar surface area (TPSA) is 108 Å². The standard InChI is InChI=1S/C24H21N3O5/c1-13-9-16(10-14(2)21(13)30-12-20(28)29)22-26-18-11-25-24(27-23(18)32-22)31-19-8-4-6-15-5-3-7-17(15)19/h4,6,8-11H,3,5,7,12H2,1-2H3,(H,28,29). The first-order valence-corrected chi connectivity index (χ1v) is 10.4. The summed E-state index contributed by atoms with van der Waals surface area (Å²) in [6.45, 7) is 3.30. The lowest BCUT2D eigenvalue weighted by Gasteiger charge is -2.11. The minimum Gasteiger partial charge on any atom is -0.481 e. The van der Waals surface area contributed by atoms with Crippen molar-refractivity contribution < 1.29 is 23.8 Å². The molecule has 8 heteroatoms. The first-order chi connectivity index (χ1) is 15.5. The van der Waals surface area contributed by atoms with Gasteiger partial charge >= 0.3 is 12.0 Å². The molecule has 1 N–H and O–H groups in total. The van der Waals surface area contributed by atoms with Crippen molar-refractivity contribution in [3.05, 3.63) is 58.8 Å². The summed E-state index contributed by atoms with van der Waals surface area (Å²) in [7, 11) is 0. The smallest absolute Gasteiger partial charge is 0.341 e. The van der Waals surface area contributed by atoms with Crippen LogP contribution in [0.1, 0.15) is 28.7 Å². The van der Waals surface area contributed by atoms with Crippen molar-refractivity contribution in [2.24, 2.45) is 0 Å². The number of aryl methyl sites for hydroxylation is 3. The number of nitrogens with zero attached hydrogens (tertiary/aromatic N) is 3. The van der Waals surface area contributed by atoms with Gasteiger partial charge in [-0.3, -0.25) is 0 Å². The predicted molar refractivity (Wildman–Crippen MR) is 116 cm³/mol. The lowest BCUT2D eigenvalue weighted by Crippen LogP contribution is -2.10. The summed E-state index contributed by atoms with van der Waals surface area (Å²) in [5.74, 6) is 0.687. The van der Waals surface area contributed by atoms with Crippen LogP contribution >= 0.6 is 0 Å². The molecule has 162 valence electrons. The molecule has 2 heterocycles. The Morgan fingerprint density at radius 1 is 1.16 bits per heavy atom. The summed E-state index contributed by atoms with van der Waals surface area (Å²) in [5.41, 5.74) is 5.70. The largest absolute Gasteiger partial charge is 0.481 e. The molecule has 2 aromatic carbocycles. The molecule has 8 nitrogen and oxygen atoms in total. The van der Waals surface area contributed by atoms with Gasteiger partial charge in [0, 0.05) is 5.56 Å². The Kier molecular flexibility index (Phi) is 4.97. The summed E-state index contributed by atoms with van der Waals surface area (Å²) in [6, 6.07) is 9.94. The van der Waals surface area contributed by atoms with E-state index in [0.717, 1.165) is 41.7 Å². The summed E-state index contributed by atoms with van der Waals surface area (Å²) in [5, 5.41) is 8.86. The van der Waals surface area contributed by atoms with E-state index in [9.17, 15) is 4.79 Å². The predicted octanol–water partition coefficient (Wildman–Crippen LogP) is 4.65. The van der Waals surface area contributed by atoms with Crippen molar-refractivity contribution in [2.45, 2.75) is 33.1 Å². The number of carboxylic acids is 1. The molecule has 1 aliphatic carbocycles. The van der Waals surface area contributed by atoms with Gasteiger partial charge in [-0.1, -0.05) is 12.1 Å². The third kappa shape index (κ3) is 3.75. The fourth-order valence-corrected chi connectivity index (χ4v) is 4.11. The van der Waals surface area contributed by atoms with Crippen molar-refractivity contribution in [2.75, 3.05) is 6.61 Å². The van der Waals surface area contributed by atoms with Gasteiger partial charge in [-0.2, -0.15) is 4.98 Å². The van der Waals surface area contributed by atoms with E-state index < -0.39 is 12.6 Å². The van der Waals surface area contributed by atoms with Crippen LogP contribution in [-0.4, -0.2) is 32.6 Å². The highest BCUT2D eigenvalue weighted by atomic mass is 16.5. The van der Waals surface area contributed by atoms with Crippen LogP contribution < -0.4 is 9.47 Å². The molecule has 0 fully saturated rings. The van der Waals surface area contributed by atoms with Gasteiger partial charge in [0.1, 0.15) is 17.0 Å². The van der Waals surface area contributed by atoms with E-state index in [1.54, 1.807) is 6.20 Å². The Hall–Kier alpha value is -3.94. The first kappa shape index (κ1) is 20.0. The number of rotatable bonds is 6. The zero-order valence-electron chi connectivity index (χ0n) is 17.7. The molecule has 0 radical (unpaired) electrons. The van der Waals surface area contributed by atoms with Crippen molar-refractivity contribution in [1.29, 1.82) is 0 Å². The summed E-state index contributed by atoms with van der Waals surface area (Å²) in [4.78, 5) is 24.0. The van der Waals surface area contributed by atoms with Crippen molar-refractivity contribution in [1.82, 2.24) is 15.0 Å². The molecule has 5 rings (SSSR count). The Bertz CT molecular complexity index is 1320. The molecule has 0 unspecified atom stereocenters. The average Bonchev–Trinajstić information content (AvgIpc) is 3.40. The maximum atomic E-state index is 10.8. The fraction of sp³-hybridized carbons (Fsp3) is 0.250. The minimum atomic E-state index is -1.02. The monoisotopic (exact) mass is 431 g/mol. The third-order valence-electron chi connectivity index (χ3n) is 5.48. The highest BCUT2D eigenvalue weighted by Gasteiger charge is 2.18. The number of aliphatic carboxylic acids is 1. The fourth-order valence-electron chi connectivity index (χ4n) is 4.11. The second kappa shape index (κ2) is 7.96. The van der Waals surface area contributed by atoms with E-state index in [4.69, 9.17) is 19.0 Å². The molecule has 0 spiro atoms. The minimum absolute atomic E-state index is 0.213. The molecular formula is C24H21N3O5. The molecule has 1 aliphatic rings. The molecule has 0 aliphatic heterocycles. The summed E-state index contributed by atoms with van der Waals surface area (Å²) in [6.07, 6.45) is 4.76. The number of fused-ring (bicyclic) bond motifs is 2. The number of hydrogen-bond acceptors (Lipinski definition) is 7. The van der Waals surface area contributed by atoms with Gasteiger partial charge in [-0.15, -0.1) is 0 Å². The van der Waals surface area contributed by atoms with Gasteiger partial charge in [0.25, 0.3) is 5.71 Å². The third-order valence-corrected chi connectivity index (χ3v) is 5.48. The molecule has 0 saturated heterocycles. The second-order valence-electron chi connectivity index (χ2n) is 7.83. The number of carbonyl (C=O) groups is 1. The van der Waals surface area contributed by atoms with Crippen LogP contribution in [0.25, 0.3) is 22.7 Å². The number of hydrogen-bond donors (Lipinski definition) is 1. The molecule has 2 aromatic heterocycles. The summed E-state index contributed by atoms with van der Waals surface area (Å²) < 4.78 is 17.3. The molecule has 0 atom stereocenters. The van der Waals surface area contributed by atoms with Crippen LogP contribution in [0.5, 0.6) is 17.5 Å². The second-order valence-corrected chi connectivity index (χ2v) is 7.83. The zero-order valence-corrected chi connectivity index (χ0v) is 17.7. The lowest BCUT2D eigenvalue weighted by atomic mass is 10.1. The summed E-state index contributed by atoms with van der Waals surface area (Å²) >= 11 is 0. The normalized spacial score (nSPS) is 12.7. The molecule has 0 saturated carbocycles. The average molecular weight is 431 g/mol. The Morgan fingerprint density at radius 3 is 2.75 bits per heavy atom. The SMILES string of the molecule is Cc1cc(-c2nc3cnc(Oc4cccc5c4CCC5)nc3o2)cc(C)c1OCC(=O)O. The van der Waals surface area contributed by atoms with Crippen LogP contribution in [0.2, 0.25) is 0 Å². The van der Waals surface area contributed by atoms with E-state index in [1.807, 2.05) is 38.1 Å². The van der Waals surface area contributed by atoms with Gasteiger partial charge in [-0.05, 0) is 73.6 Å². The van der Waals surface area contributed by atoms with E-state index in [2.05, 4.69) is 21.0 Å². The first-order valence-electron chi connectivity index (χ1n) is 10.4. The van der Waals surface area contributed by atoms with Crippen LogP contribution in [0.4, 0.5) is 0 Å². The number of benzene rings is 2. The maximum Gasteiger partial charge on any atom is 0.341 e. The van der Waals surface area contributed by atoms with Gasteiger partial charge in [0.15, 0.2) is 6.61 Å². The maximum absolute atomic E-state index is 10.8. The van der Waals surface area contributed by atoms with E-state index in [1.165, 1.54) is 11.1 Å². The quantitative estimate of drug-likeness (QED) is 0.470. The van der Waals surface area contributed by atoms with E-state index >= 15 is 0 Å². The molecular weight excluding hydrogens is 410 g/mol. The van der Waals surface area contributed by atoms with Gasteiger partial charge in [0.05, 0.1) is 6.20 Å². The molecule has 0 bridgehead atoms. The van der Waals surface area contributed by atoms with Crippen molar-refractivity contribution in [3.63, 3.8) is 0 Å². The zero-order chi connectivity index (χ0) is 22.2. The van der Waals surface area contributed by atoms with Crippen LogP contribution in [-0.2, 0) is 17.6 Å².